The normalized spacial score (nSPS) is 10.1. The molecule has 11 heteroatoms. The summed E-state index contributed by atoms with van der Waals surface area (Å²) in [6.45, 7) is 1.41. The molecule has 34 heavy (non-hydrogen) atoms. The standard InChI is InChI=1S/C23H23N5O3.3ClH/c24-19-6-2-1-4-16(19)15-7-8-20-18(14-15)23(31)28-12-3-5-17(21(28)27-20)22(30)26-10-9-25-11-13-29;;;/h1-8,12,14,25,29H,9-11,13,24H2,(H,26,30);3*1H. The smallest absolute Gasteiger partial charge is 0.265 e. The van der Waals surface area contributed by atoms with E-state index in [2.05, 4.69) is 15.6 Å². The van der Waals surface area contributed by atoms with Crippen LogP contribution in [0.3, 0.4) is 0 Å². The number of nitrogens with one attached hydrogen (secondary N) is 2. The molecule has 0 saturated carbocycles. The van der Waals surface area contributed by atoms with Crippen LogP contribution in [0.4, 0.5) is 5.69 Å². The third-order valence-electron chi connectivity index (χ3n) is 5.03. The molecule has 0 aliphatic carbocycles. The first-order valence-corrected chi connectivity index (χ1v) is 10.00. The van der Waals surface area contributed by atoms with E-state index in [1.54, 1.807) is 30.5 Å². The number of aliphatic hydroxyl groups is 1. The molecule has 2 heterocycles. The van der Waals surface area contributed by atoms with Crippen LogP contribution < -0.4 is 21.9 Å². The summed E-state index contributed by atoms with van der Waals surface area (Å²) in [6.07, 6.45) is 1.60. The van der Waals surface area contributed by atoms with Gasteiger partial charge < -0.3 is 21.5 Å². The Bertz CT molecular complexity index is 1330. The van der Waals surface area contributed by atoms with Crippen molar-refractivity contribution in [1.29, 1.82) is 0 Å². The minimum Gasteiger partial charge on any atom is -0.398 e. The molecule has 0 aliphatic heterocycles. The van der Waals surface area contributed by atoms with Gasteiger partial charge in [-0.3, -0.25) is 14.0 Å². The number of benzene rings is 2. The zero-order valence-corrected chi connectivity index (χ0v) is 20.5. The molecule has 182 valence electrons. The highest BCUT2D eigenvalue weighted by atomic mass is 35.5. The van der Waals surface area contributed by atoms with Crippen molar-refractivity contribution >= 4 is 65.4 Å². The Labute approximate surface area is 214 Å². The number of aromatic nitrogens is 2. The van der Waals surface area contributed by atoms with Crippen LogP contribution in [0.1, 0.15) is 10.4 Å². The number of aliphatic hydroxyl groups excluding tert-OH is 1. The maximum absolute atomic E-state index is 13.2. The van der Waals surface area contributed by atoms with Gasteiger partial charge in [-0.2, -0.15) is 0 Å². The molecular weight excluding hydrogens is 501 g/mol. The van der Waals surface area contributed by atoms with Gasteiger partial charge in [0.2, 0.25) is 0 Å². The molecular formula is C23H26Cl3N5O3. The number of fused-ring (bicyclic) bond motifs is 2. The summed E-state index contributed by atoms with van der Waals surface area (Å²) in [5, 5.41) is 15.0. The van der Waals surface area contributed by atoms with Crippen molar-refractivity contribution in [3.63, 3.8) is 0 Å². The third-order valence-corrected chi connectivity index (χ3v) is 5.03. The van der Waals surface area contributed by atoms with Gasteiger partial charge in [0.1, 0.15) is 0 Å². The fraction of sp³-hybridized carbons (Fsp3) is 0.174. The number of carbonyl (C=O) groups excluding carboxylic acids is 1. The maximum Gasteiger partial charge on any atom is 0.265 e. The van der Waals surface area contributed by atoms with Crippen LogP contribution in [0.2, 0.25) is 0 Å². The largest absolute Gasteiger partial charge is 0.398 e. The highest BCUT2D eigenvalue weighted by Gasteiger charge is 2.15. The quantitative estimate of drug-likeness (QED) is 0.167. The van der Waals surface area contributed by atoms with E-state index in [0.29, 0.717) is 47.4 Å². The number of pyridine rings is 1. The number of nitrogens with two attached hydrogens (primary N) is 1. The van der Waals surface area contributed by atoms with Gasteiger partial charge in [-0.25, -0.2) is 4.98 Å². The maximum atomic E-state index is 13.2. The number of hydrogen-bond acceptors (Lipinski definition) is 6. The minimum atomic E-state index is -0.316. The van der Waals surface area contributed by atoms with Crippen molar-refractivity contribution in [1.82, 2.24) is 20.0 Å². The number of anilines is 1. The predicted molar refractivity (Wildman–Crippen MR) is 143 cm³/mol. The first-order chi connectivity index (χ1) is 15.1. The molecule has 0 bridgehead atoms. The molecule has 0 fully saturated rings. The van der Waals surface area contributed by atoms with E-state index < -0.39 is 0 Å². The lowest BCUT2D eigenvalue weighted by atomic mass is 10.0. The van der Waals surface area contributed by atoms with Crippen LogP contribution in [0.25, 0.3) is 27.7 Å². The fourth-order valence-electron chi connectivity index (χ4n) is 3.50. The number of rotatable bonds is 7. The summed E-state index contributed by atoms with van der Waals surface area (Å²) in [5.41, 5.74) is 9.26. The summed E-state index contributed by atoms with van der Waals surface area (Å²) >= 11 is 0. The molecule has 0 spiro atoms. The monoisotopic (exact) mass is 525 g/mol. The molecule has 1 amide bonds. The summed E-state index contributed by atoms with van der Waals surface area (Å²) in [6, 6.07) is 16.2. The van der Waals surface area contributed by atoms with Crippen molar-refractivity contribution in [2.24, 2.45) is 0 Å². The van der Waals surface area contributed by atoms with Gasteiger partial charge in [0.15, 0.2) is 5.65 Å². The molecule has 4 aromatic rings. The van der Waals surface area contributed by atoms with Crippen LogP contribution in [-0.4, -0.2) is 46.6 Å². The Balaban J connectivity index is 0.00000193. The van der Waals surface area contributed by atoms with E-state index in [9.17, 15) is 9.59 Å². The Morgan fingerprint density at radius 1 is 1.00 bits per heavy atom. The molecule has 0 unspecified atom stereocenters. The van der Waals surface area contributed by atoms with Crippen LogP contribution in [0.15, 0.2) is 65.6 Å². The number of nitrogens with zero attached hydrogens (tertiary/aromatic N) is 2. The fourth-order valence-corrected chi connectivity index (χ4v) is 3.50. The number of hydrogen-bond donors (Lipinski definition) is 4. The van der Waals surface area contributed by atoms with Crippen LogP contribution in [0.5, 0.6) is 0 Å². The van der Waals surface area contributed by atoms with Gasteiger partial charge in [0.25, 0.3) is 11.5 Å². The first kappa shape index (κ1) is 29.2. The van der Waals surface area contributed by atoms with Crippen molar-refractivity contribution in [3.8, 4) is 11.1 Å². The van der Waals surface area contributed by atoms with Gasteiger partial charge in [-0.1, -0.05) is 24.3 Å². The molecule has 0 saturated heterocycles. The molecule has 0 radical (unpaired) electrons. The molecule has 8 nitrogen and oxygen atoms in total. The molecule has 4 rings (SSSR count). The summed E-state index contributed by atoms with van der Waals surface area (Å²) in [7, 11) is 0. The van der Waals surface area contributed by atoms with Gasteiger partial charge in [-0.15, -0.1) is 37.2 Å². The minimum absolute atomic E-state index is 0. The Hall–Kier alpha value is -2.88. The van der Waals surface area contributed by atoms with E-state index >= 15 is 0 Å². The Kier molecular flexibility index (Phi) is 11.3. The van der Waals surface area contributed by atoms with Crippen molar-refractivity contribution in [3.05, 3.63) is 76.7 Å². The highest BCUT2D eigenvalue weighted by Crippen LogP contribution is 2.27. The van der Waals surface area contributed by atoms with E-state index in [1.807, 2.05) is 30.3 Å². The summed E-state index contributed by atoms with van der Waals surface area (Å²) < 4.78 is 1.39. The zero-order chi connectivity index (χ0) is 21.8. The van der Waals surface area contributed by atoms with Gasteiger partial charge in [0, 0.05) is 37.1 Å². The van der Waals surface area contributed by atoms with Gasteiger partial charge in [0.05, 0.1) is 23.1 Å². The lowest BCUT2D eigenvalue weighted by molar-refractivity contribution is 0.0955. The molecule has 0 atom stereocenters. The first-order valence-electron chi connectivity index (χ1n) is 10.00. The summed E-state index contributed by atoms with van der Waals surface area (Å²) in [4.78, 5) is 30.4. The summed E-state index contributed by atoms with van der Waals surface area (Å²) in [5.74, 6) is -0.316. The van der Waals surface area contributed by atoms with E-state index in [1.165, 1.54) is 4.40 Å². The van der Waals surface area contributed by atoms with Crippen molar-refractivity contribution in [2.75, 3.05) is 32.0 Å². The van der Waals surface area contributed by atoms with E-state index in [0.717, 1.165) is 11.1 Å². The number of para-hydroxylation sites is 1. The second-order valence-corrected chi connectivity index (χ2v) is 7.08. The average Bonchev–Trinajstić information content (AvgIpc) is 2.79. The SMILES string of the molecule is Cl.Cl.Cl.Nc1ccccc1-c1ccc2nc3c(C(=O)NCCNCCO)cccn3c(=O)c2c1. The number of nitrogen functional groups attached to an aromatic ring is 1. The lowest BCUT2D eigenvalue weighted by Gasteiger charge is -2.11. The topological polar surface area (TPSA) is 122 Å². The van der Waals surface area contributed by atoms with Crippen LogP contribution in [0, 0.1) is 0 Å². The second-order valence-electron chi connectivity index (χ2n) is 7.08. The number of amides is 1. The lowest BCUT2D eigenvalue weighted by Crippen LogP contribution is -2.33. The van der Waals surface area contributed by atoms with Crippen molar-refractivity contribution in [2.45, 2.75) is 0 Å². The average molecular weight is 527 g/mol. The molecule has 2 aromatic heterocycles. The van der Waals surface area contributed by atoms with Gasteiger partial charge in [-0.05, 0) is 35.9 Å². The zero-order valence-electron chi connectivity index (χ0n) is 18.1. The second kappa shape index (κ2) is 13.1. The van der Waals surface area contributed by atoms with Crippen LogP contribution >= 0.6 is 37.2 Å². The van der Waals surface area contributed by atoms with Gasteiger partial charge >= 0.3 is 0 Å². The molecule has 2 aromatic carbocycles. The molecule has 0 aliphatic rings. The Morgan fingerprint density at radius 3 is 2.50 bits per heavy atom. The highest BCUT2D eigenvalue weighted by molar-refractivity contribution is 6.00. The van der Waals surface area contributed by atoms with E-state index in [-0.39, 0.29) is 55.3 Å². The number of carbonyl (C=O) groups is 1. The predicted octanol–water partition coefficient (Wildman–Crippen LogP) is 2.67. The van der Waals surface area contributed by atoms with Crippen molar-refractivity contribution < 1.29 is 9.90 Å². The van der Waals surface area contributed by atoms with Crippen LogP contribution in [-0.2, 0) is 0 Å². The third kappa shape index (κ3) is 5.97. The Morgan fingerprint density at radius 2 is 1.76 bits per heavy atom. The van der Waals surface area contributed by atoms with E-state index in [4.69, 9.17) is 10.8 Å². The molecule has 5 N–H and O–H groups in total. The number of halogens is 3.